The van der Waals surface area contributed by atoms with Crippen LogP contribution in [0.4, 0.5) is 10.1 Å². The lowest BCUT2D eigenvalue weighted by Gasteiger charge is -2.25. The molecule has 2 aliphatic rings. The van der Waals surface area contributed by atoms with Crippen LogP contribution >= 0.6 is 0 Å². The molecule has 0 aromatic heterocycles. The lowest BCUT2D eigenvalue weighted by atomic mass is 9.95. The highest BCUT2D eigenvalue weighted by atomic mass is 19.1. The van der Waals surface area contributed by atoms with Gasteiger partial charge in [-0.1, -0.05) is 30.3 Å². The first kappa shape index (κ1) is 19.8. The molecule has 3 aromatic carbocycles. The second-order valence-electron chi connectivity index (χ2n) is 7.41. The summed E-state index contributed by atoms with van der Waals surface area (Å²) in [4.78, 5) is 27.5. The maximum absolute atomic E-state index is 13.6. The second kappa shape index (κ2) is 7.85. The van der Waals surface area contributed by atoms with Crippen molar-refractivity contribution >= 4 is 23.1 Å². The van der Waals surface area contributed by atoms with Gasteiger partial charge in [-0.15, -0.1) is 0 Å². The van der Waals surface area contributed by atoms with E-state index in [4.69, 9.17) is 9.47 Å². The molecule has 1 N–H and O–H groups in total. The average Bonchev–Trinajstić information content (AvgIpc) is 3.09. The van der Waals surface area contributed by atoms with Gasteiger partial charge < -0.3 is 14.6 Å². The monoisotopic (exact) mass is 431 g/mol. The SMILES string of the molecule is O=C1C(=O)N(c2ccccc2)C(c2ccc(F)cc2)/C1=C(/O)c1ccc2c(c1)OCCO2. The van der Waals surface area contributed by atoms with Gasteiger partial charge in [-0.2, -0.15) is 0 Å². The van der Waals surface area contributed by atoms with Crippen LogP contribution in [0.5, 0.6) is 11.5 Å². The normalized spacial score (nSPS) is 19.3. The van der Waals surface area contributed by atoms with Crippen LogP contribution < -0.4 is 14.4 Å². The fraction of sp³-hybridized carbons (Fsp3) is 0.120. The molecule has 160 valence electrons. The van der Waals surface area contributed by atoms with E-state index < -0.39 is 23.5 Å². The third-order valence-corrected chi connectivity index (χ3v) is 5.48. The topological polar surface area (TPSA) is 76.1 Å². The minimum Gasteiger partial charge on any atom is -0.507 e. The summed E-state index contributed by atoms with van der Waals surface area (Å²) in [5, 5.41) is 11.2. The summed E-state index contributed by atoms with van der Waals surface area (Å²) in [6, 6.07) is 18.1. The van der Waals surface area contributed by atoms with Gasteiger partial charge in [0.25, 0.3) is 11.7 Å². The van der Waals surface area contributed by atoms with Crippen LogP contribution in [-0.4, -0.2) is 30.0 Å². The number of benzene rings is 3. The number of ketones is 1. The van der Waals surface area contributed by atoms with Crippen molar-refractivity contribution in [3.8, 4) is 11.5 Å². The minimum absolute atomic E-state index is 0.0814. The molecule has 3 aromatic rings. The highest BCUT2D eigenvalue weighted by Crippen LogP contribution is 2.43. The fourth-order valence-electron chi connectivity index (χ4n) is 3.99. The molecule has 1 amide bonds. The van der Waals surface area contributed by atoms with E-state index in [1.54, 1.807) is 48.5 Å². The number of amides is 1. The number of halogens is 1. The van der Waals surface area contributed by atoms with E-state index >= 15 is 0 Å². The fourth-order valence-corrected chi connectivity index (χ4v) is 3.99. The second-order valence-corrected chi connectivity index (χ2v) is 7.41. The Morgan fingerprint density at radius 2 is 1.59 bits per heavy atom. The Morgan fingerprint density at radius 1 is 0.906 bits per heavy atom. The van der Waals surface area contributed by atoms with E-state index in [2.05, 4.69) is 0 Å². The van der Waals surface area contributed by atoms with Crippen LogP contribution in [0, 0.1) is 5.82 Å². The van der Waals surface area contributed by atoms with Crippen molar-refractivity contribution in [1.82, 2.24) is 0 Å². The molecule has 0 spiro atoms. The first-order valence-electron chi connectivity index (χ1n) is 10.1. The van der Waals surface area contributed by atoms with Crippen LogP contribution in [0.1, 0.15) is 17.2 Å². The molecule has 0 bridgehead atoms. The molecule has 1 saturated heterocycles. The first-order chi connectivity index (χ1) is 15.5. The van der Waals surface area contributed by atoms with Gasteiger partial charge in [-0.3, -0.25) is 14.5 Å². The van der Waals surface area contributed by atoms with Crippen molar-refractivity contribution in [1.29, 1.82) is 0 Å². The van der Waals surface area contributed by atoms with E-state index in [0.29, 0.717) is 41.5 Å². The van der Waals surface area contributed by atoms with E-state index in [0.717, 1.165) is 0 Å². The molecule has 2 aliphatic heterocycles. The number of anilines is 1. The van der Waals surface area contributed by atoms with Gasteiger partial charge in [0.05, 0.1) is 11.6 Å². The number of Topliss-reactive ketones (excluding diaryl/α,β-unsaturated/α-hetero) is 1. The van der Waals surface area contributed by atoms with E-state index in [1.165, 1.54) is 29.2 Å². The summed E-state index contributed by atoms with van der Waals surface area (Å²) in [7, 11) is 0. The Kier molecular flexibility index (Phi) is 4.86. The van der Waals surface area contributed by atoms with Crippen molar-refractivity contribution in [3.05, 3.63) is 95.3 Å². The molecule has 32 heavy (non-hydrogen) atoms. The Hall–Kier alpha value is -4.13. The molecule has 5 rings (SSSR count). The molecular weight excluding hydrogens is 413 g/mol. The molecule has 0 aliphatic carbocycles. The van der Waals surface area contributed by atoms with Gasteiger partial charge >= 0.3 is 0 Å². The van der Waals surface area contributed by atoms with Crippen LogP contribution in [-0.2, 0) is 9.59 Å². The van der Waals surface area contributed by atoms with Crippen molar-refractivity contribution in [2.24, 2.45) is 0 Å². The van der Waals surface area contributed by atoms with Gasteiger partial charge in [0.15, 0.2) is 11.5 Å². The summed E-state index contributed by atoms with van der Waals surface area (Å²) in [5.74, 6) is -1.41. The lowest BCUT2D eigenvalue weighted by Crippen LogP contribution is -2.29. The third kappa shape index (κ3) is 3.28. The number of para-hydroxylation sites is 1. The molecule has 2 heterocycles. The van der Waals surface area contributed by atoms with E-state index in [1.807, 2.05) is 0 Å². The quantitative estimate of drug-likeness (QED) is 0.382. The Bertz CT molecular complexity index is 1240. The predicted molar refractivity (Wildman–Crippen MR) is 115 cm³/mol. The molecule has 6 nitrogen and oxygen atoms in total. The first-order valence-corrected chi connectivity index (χ1v) is 10.1. The number of hydrogen-bond donors (Lipinski definition) is 1. The Morgan fingerprint density at radius 3 is 2.31 bits per heavy atom. The zero-order valence-electron chi connectivity index (χ0n) is 16.8. The zero-order valence-corrected chi connectivity index (χ0v) is 16.8. The summed E-state index contributed by atoms with van der Waals surface area (Å²) in [6.45, 7) is 0.788. The van der Waals surface area contributed by atoms with E-state index in [9.17, 15) is 19.1 Å². The van der Waals surface area contributed by atoms with Gasteiger partial charge in [0.1, 0.15) is 24.8 Å². The molecule has 7 heteroatoms. The molecule has 0 saturated carbocycles. The highest BCUT2D eigenvalue weighted by molar-refractivity contribution is 6.51. The van der Waals surface area contributed by atoms with Crippen molar-refractivity contribution < 1.29 is 28.6 Å². The Balaban J connectivity index is 1.69. The van der Waals surface area contributed by atoms with Gasteiger partial charge in [-0.05, 0) is 48.0 Å². The van der Waals surface area contributed by atoms with Crippen LogP contribution in [0.2, 0.25) is 0 Å². The summed E-state index contributed by atoms with van der Waals surface area (Å²) >= 11 is 0. The number of hydrogen-bond acceptors (Lipinski definition) is 5. The lowest BCUT2D eigenvalue weighted by molar-refractivity contribution is -0.132. The Labute approximate surface area is 183 Å². The van der Waals surface area contributed by atoms with Gasteiger partial charge in [-0.25, -0.2) is 4.39 Å². The average molecular weight is 431 g/mol. The molecule has 1 unspecified atom stereocenters. The molecule has 1 atom stereocenters. The van der Waals surface area contributed by atoms with Crippen LogP contribution in [0.15, 0.2) is 78.4 Å². The largest absolute Gasteiger partial charge is 0.507 e. The van der Waals surface area contributed by atoms with E-state index in [-0.39, 0.29) is 11.3 Å². The maximum Gasteiger partial charge on any atom is 0.300 e. The van der Waals surface area contributed by atoms with Crippen LogP contribution in [0.25, 0.3) is 5.76 Å². The maximum atomic E-state index is 13.6. The molecular formula is C25H18FNO5. The summed E-state index contributed by atoms with van der Waals surface area (Å²) < 4.78 is 24.7. The number of ether oxygens (including phenoxy) is 2. The third-order valence-electron chi connectivity index (χ3n) is 5.48. The summed E-state index contributed by atoms with van der Waals surface area (Å²) in [5.41, 5.74) is 1.22. The smallest absolute Gasteiger partial charge is 0.300 e. The van der Waals surface area contributed by atoms with Crippen LogP contribution in [0.3, 0.4) is 0 Å². The number of aliphatic hydroxyl groups is 1. The molecule has 1 fully saturated rings. The standard InChI is InChI=1S/C25H18FNO5/c26-17-9-6-15(7-10-17)22-21(24(29)25(30)27(22)18-4-2-1-3-5-18)23(28)16-8-11-19-20(14-16)32-13-12-31-19/h1-11,14,22,28H,12-13H2/b23-21-. The number of fused-ring (bicyclic) bond motifs is 1. The number of carbonyl (C=O) groups excluding carboxylic acids is 2. The van der Waals surface area contributed by atoms with Gasteiger partial charge in [0, 0.05) is 11.3 Å². The van der Waals surface area contributed by atoms with Crippen molar-refractivity contribution in [2.45, 2.75) is 6.04 Å². The van der Waals surface area contributed by atoms with Gasteiger partial charge in [0.2, 0.25) is 0 Å². The summed E-state index contributed by atoms with van der Waals surface area (Å²) in [6.07, 6.45) is 0. The predicted octanol–water partition coefficient (Wildman–Crippen LogP) is 4.22. The number of nitrogens with zero attached hydrogens (tertiary/aromatic N) is 1. The zero-order chi connectivity index (χ0) is 22.2. The highest BCUT2D eigenvalue weighted by Gasteiger charge is 2.47. The minimum atomic E-state index is -0.925. The van der Waals surface area contributed by atoms with Crippen molar-refractivity contribution in [3.63, 3.8) is 0 Å². The number of rotatable bonds is 3. The number of carbonyl (C=O) groups is 2. The number of aliphatic hydroxyl groups excluding tert-OH is 1. The van der Waals surface area contributed by atoms with Crippen molar-refractivity contribution in [2.75, 3.05) is 18.1 Å². The molecule has 0 radical (unpaired) electrons.